The second-order valence-corrected chi connectivity index (χ2v) is 9.27. The first-order valence-electron chi connectivity index (χ1n) is 10.9. The van der Waals surface area contributed by atoms with Gasteiger partial charge in [0.05, 0.1) is 28.3 Å². The molecule has 3 aromatic carbocycles. The molecule has 0 spiro atoms. The number of hydrogen-bond donors (Lipinski definition) is 1. The average molecular weight is 494 g/mol. The molecule has 5 nitrogen and oxygen atoms in total. The van der Waals surface area contributed by atoms with Crippen molar-refractivity contribution in [2.45, 2.75) is 25.8 Å². The summed E-state index contributed by atoms with van der Waals surface area (Å²) in [4.78, 5) is 28.0. The third-order valence-corrected chi connectivity index (χ3v) is 6.90. The molecule has 0 radical (unpaired) electrons. The lowest BCUT2D eigenvalue weighted by Gasteiger charge is -2.26. The Hall–Kier alpha value is -3.28. The van der Waals surface area contributed by atoms with Crippen molar-refractivity contribution >= 4 is 46.3 Å². The molecule has 0 saturated carbocycles. The van der Waals surface area contributed by atoms with Gasteiger partial charge < -0.3 is 9.84 Å². The Kier molecular flexibility index (Phi) is 5.84. The molecular weight excluding hydrogens is 473 g/mol. The van der Waals surface area contributed by atoms with Crippen molar-refractivity contribution < 1.29 is 19.4 Å². The largest absolute Gasteiger partial charge is 0.507 e. The number of carbonyl (C=O) groups excluding carboxylic acids is 2. The summed E-state index contributed by atoms with van der Waals surface area (Å²) in [5.74, 6) is -0.952. The number of hydrogen-bond acceptors (Lipinski definition) is 4. The number of benzene rings is 3. The summed E-state index contributed by atoms with van der Waals surface area (Å²) in [6.07, 6.45) is 1.69. The molecule has 1 fully saturated rings. The summed E-state index contributed by atoms with van der Waals surface area (Å²) in [7, 11) is 0. The zero-order valence-electron chi connectivity index (χ0n) is 18.3. The Balaban J connectivity index is 1.71. The van der Waals surface area contributed by atoms with Gasteiger partial charge in [-0.15, -0.1) is 0 Å². The minimum Gasteiger partial charge on any atom is -0.507 e. The van der Waals surface area contributed by atoms with E-state index in [0.717, 1.165) is 29.7 Å². The lowest BCUT2D eigenvalue weighted by Crippen LogP contribution is -2.29. The van der Waals surface area contributed by atoms with E-state index in [1.165, 1.54) is 4.90 Å². The normalized spacial score (nSPS) is 19.1. The number of halogens is 2. The molecule has 0 bridgehead atoms. The van der Waals surface area contributed by atoms with Crippen molar-refractivity contribution in [1.29, 1.82) is 0 Å². The van der Waals surface area contributed by atoms with Gasteiger partial charge in [-0.25, -0.2) is 0 Å². The van der Waals surface area contributed by atoms with E-state index in [2.05, 4.69) is 0 Å². The van der Waals surface area contributed by atoms with E-state index in [1.54, 1.807) is 30.3 Å². The van der Waals surface area contributed by atoms with Gasteiger partial charge >= 0.3 is 0 Å². The SMILES string of the molecule is Cc1cccc(C2/C(=C(/O)c3ccc4c(c3)CCCO4)C(=O)C(=O)N2c2ccc(Cl)c(Cl)c2)c1. The second kappa shape index (κ2) is 8.82. The predicted octanol–water partition coefficient (Wildman–Crippen LogP) is 6.25. The molecule has 1 unspecified atom stereocenters. The molecule has 0 aromatic heterocycles. The van der Waals surface area contributed by atoms with E-state index in [9.17, 15) is 14.7 Å². The monoisotopic (exact) mass is 493 g/mol. The van der Waals surface area contributed by atoms with Crippen LogP contribution in [0.15, 0.2) is 66.2 Å². The maximum atomic E-state index is 13.3. The molecule has 34 heavy (non-hydrogen) atoms. The standard InChI is InChI=1S/C27H21Cl2NO4/c1-15-4-2-5-17(12-15)24-23(25(31)18-7-10-22-16(13-18)6-3-11-34-22)26(32)27(33)30(24)19-8-9-20(28)21(29)14-19/h2,4-5,7-10,12-14,24,31H,3,6,11H2,1H3/b25-23-. The number of nitrogens with zero attached hydrogens (tertiary/aromatic N) is 1. The van der Waals surface area contributed by atoms with Gasteiger partial charge in [0, 0.05) is 11.3 Å². The Morgan fingerprint density at radius 3 is 2.62 bits per heavy atom. The molecule has 1 saturated heterocycles. The summed E-state index contributed by atoms with van der Waals surface area (Å²) in [5, 5.41) is 12.0. The first-order chi connectivity index (χ1) is 16.3. The van der Waals surface area contributed by atoms with Crippen molar-refractivity contribution in [1.82, 2.24) is 0 Å². The molecule has 2 aliphatic rings. The first-order valence-corrected chi connectivity index (χ1v) is 11.7. The van der Waals surface area contributed by atoms with Gasteiger partial charge in [-0.2, -0.15) is 0 Å². The zero-order valence-corrected chi connectivity index (χ0v) is 19.9. The minimum atomic E-state index is -0.829. The topological polar surface area (TPSA) is 66.8 Å². The van der Waals surface area contributed by atoms with Crippen molar-refractivity contribution in [3.8, 4) is 5.75 Å². The Bertz CT molecular complexity index is 1360. The van der Waals surface area contributed by atoms with Crippen LogP contribution in [0.1, 0.15) is 34.7 Å². The third kappa shape index (κ3) is 3.85. The molecule has 1 amide bonds. The number of aryl methyl sites for hydroxylation is 2. The highest BCUT2D eigenvalue weighted by molar-refractivity contribution is 6.52. The Morgan fingerprint density at radius 1 is 1.03 bits per heavy atom. The van der Waals surface area contributed by atoms with E-state index < -0.39 is 17.7 Å². The van der Waals surface area contributed by atoms with Crippen LogP contribution in [0.25, 0.3) is 5.76 Å². The second-order valence-electron chi connectivity index (χ2n) is 8.46. The van der Waals surface area contributed by atoms with Crippen LogP contribution in [0, 0.1) is 6.92 Å². The predicted molar refractivity (Wildman–Crippen MR) is 133 cm³/mol. The van der Waals surface area contributed by atoms with Gasteiger partial charge in [-0.3, -0.25) is 14.5 Å². The Morgan fingerprint density at radius 2 is 1.85 bits per heavy atom. The first kappa shape index (κ1) is 22.5. The van der Waals surface area contributed by atoms with Crippen LogP contribution >= 0.6 is 23.2 Å². The van der Waals surface area contributed by atoms with Gasteiger partial charge in [0.15, 0.2) is 0 Å². The van der Waals surface area contributed by atoms with Gasteiger partial charge in [0.25, 0.3) is 11.7 Å². The number of ether oxygens (including phenoxy) is 1. The summed E-state index contributed by atoms with van der Waals surface area (Å²) in [5.41, 5.74) is 3.53. The molecule has 7 heteroatoms. The molecule has 3 aromatic rings. The van der Waals surface area contributed by atoms with Gasteiger partial charge in [-0.05, 0) is 67.3 Å². The summed E-state index contributed by atoms with van der Waals surface area (Å²) < 4.78 is 5.67. The van der Waals surface area contributed by atoms with Crippen LogP contribution in [0.3, 0.4) is 0 Å². The molecule has 172 valence electrons. The molecule has 0 aliphatic carbocycles. The van der Waals surface area contributed by atoms with Gasteiger partial charge in [0.2, 0.25) is 0 Å². The quantitative estimate of drug-likeness (QED) is 0.266. The van der Waals surface area contributed by atoms with E-state index >= 15 is 0 Å². The van der Waals surface area contributed by atoms with Crippen molar-refractivity contribution in [3.05, 3.63) is 98.5 Å². The number of carbonyl (C=O) groups is 2. The fourth-order valence-electron chi connectivity index (χ4n) is 4.55. The smallest absolute Gasteiger partial charge is 0.300 e. The number of rotatable bonds is 3. The van der Waals surface area contributed by atoms with E-state index in [4.69, 9.17) is 27.9 Å². The van der Waals surface area contributed by atoms with Crippen LogP contribution in [-0.4, -0.2) is 23.4 Å². The summed E-state index contributed by atoms with van der Waals surface area (Å²) in [6.45, 7) is 2.58. The van der Waals surface area contributed by atoms with Gasteiger partial charge in [-0.1, -0.05) is 53.0 Å². The Labute approximate surface area is 207 Å². The number of Topliss-reactive ketones (excluding diaryl/α,β-unsaturated/α-hetero) is 1. The highest BCUT2D eigenvalue weighted by atomic mass is 35.5. The maximum absolute atomic E-state index is 13.3. The van der Waals surface area contributed by atoms with Crippen LogP contribution in [0.4, 0.5) is 5.69 Å². The number of fused-ring (bicyclic) bond motifs is 1. The highest BCUT2D eigenvalue weighted by Gasteiger charge is 2.47. The summed E-state index contributed by atoms with van der Waals surface area (Å²) >= 11 is 12.3. The molecule has 1 atom stereocenters. The van der Waals surface area contributed by atoms with Crippen LogP contribution in [0.5, 0.6) is 5.75 Å². The number of anilines is 1. The number of aliphatic hydroxyl groups is 1. The minimum absolute atomic E-state index is 0.0263. The number of amides is 1. The molecule has 2 aliphatic heterocycles. The van der Waals surface area contributed by atoms with Crippen molar-refractivity contribution in [3.63, 3.8) is 0 Å². The van der Waals surface area contributed by atoms with Crippen LogP contribution < -0.4 is 9.64 Å². The zero-order chi connectivity index (χ0) is 24.0. The van der Waals surface area contributed by atoms with Crippen molar-refractivity contribution in [2.24, 2.45) is 0 Å². The molecular formula is C27H21Cl2NO4. The molecule has 1 N–H and O–H groups in total. The molecule has 2 heterocycles. The van der Waals surface area contributed by atoms with Crippen molar-refractivity contribution in [2.75, 3.05) is 11.5 Å². The summed E-state index contributed by atoms with van der Waals surface area (Å²) in [6, 6.07) is 16.8. The number of aliphatic hydroxyl groups excluding tert-OH is 1. The number of ketones is 1. The maximum Gasteiger partial charge on any atom is 0.300 e. The van der Waals surface area contributed by atoms with E-state index in [0.29, 0.717) is 28.4 Å². The lowest BCUT2D eigenvalue weighted by atomic mass is 9.93. The lowest BCUT2D eigenvalue weighted by molar-refractivity contribution is -0.132. The third-order valence-electron chi connectivity index (χ3n) is 6.17. The fourth-order valence-corrected chi connectivity index (χ4v) is 4.84. The van der Waals surface area contributed by atoms with Gasteiger partial charge in [0.1, 0.15) is 11.5 Å². The highest BCUT2D eigenvalue weighted by Crippen LogP contribution is 2.43. The van der Waals surface area contributed by atoms with E-state index in [1.807, 2.05) is 37.3 Å². The molecule has 5 rings (SSSR count). The van der Waals surface area contributed by atoms with Crippen LogP contribution in [0.2, 0.25) is 10.0 Å². The van der Waals surface area contributed by atoms with E-state index in [-0.39, 0.29) is 16.4 Å². The fraction of sp³-hybridized carbons (Fsp3) is 0.185. The average Bonchev–Trinajstić information content (AvgIpc) is 3.10. The van der Waals surface area contributed by atoms with Crippen LogP contribution in [-0.2, 0) is 16.0 Å².